The summed E-state index contributed by atoms with van der Waals surface area (Å²) in [5.74, 6) is -0.677. The van der Waals surface area contributed by atoms with E-state index in [1.807, 2.05) is 13.8 Å². The van der Waals surface area contributed by atoms with E-state index in [0.717, 1.165) is 0 Å². The summed E-state index contributed by atoms with van der Waals surface area (Å²) in [6.07, 6.45) is 0. The van der Waals surface area contributed by atoms with Gasteiger partial charge in [-0.2, -0.15) is 0 Å². The highest BCUT2D eigenvalue weighted by Gasteiger charge is 2.25. The molecule has 17 heavy (non-hydrogen) atoms. The third-order valence-electron chi connectivity index (χ3n) is 2.26. The van der Waals surface area contributed by atoms with Gasteiger partial charge in [0.1, 0.15) is 11.3 Å². The molecule has 0 amide bonds. The first-order valence-corrected chi connectivity index (χ1v) is 6.18. The third kappa shape index (κ3) is 2.21. The molecule has 0 fully saturated rings. The van der Waals surface area contributed by atoms with Gasteiger partial charge in [0.15, 0.2) is 5.76 Å². The molecule has 0 bridgehead atoms. The highest BCUT2D eigenvalue weighted by molar-refractivity contribution is 7.19. The fraction of sp³-hybridized carbons (Fsp3) is 0.273. The molecule has 0 aromatic carbocycles. The van der Waals surface area contributed by atoms with Crippen molar-refractivity contribution in [2.45, 2.75) is 19.8 Å². The van der Waals surface area contributed by atoms with Crippen LogP contribution in [0.25, 0.3) is 10.6 Å². The quantitative estimate of drug-likeness (QED) is 0.920. The van der Waals surface area contributed by atoms with Crippen LogP contribution in [0.4, 0.5) is 0 Å². The summed E-state index contributed by atoms with van der Waals surface area (Å²) in [7, 11) is 0. The van der Waals surface area contributed by atoms with Crippen LogP contribution >= 0.6 is 22.9 Å². The molecule has 0 aliphatic heterocycles. The van der Waals surface area contributed by atoms with Gasteiger partial charge < -0.3 is 9.63 Å². The van der Waals surface area contributed by atoms with E-state index in [1.54, 1.807) is 12.1 Å². The summed E-state index contributed by atoms with van der Waals surface area (Å²) in [4.78, 5) is 12.0. The molecule has 0 saturated heterocycles. The zero-order valence-electron chi connectivity index (χ0n) is 9.23. The molecule has 6 heteroatoms. The zero-order valence-corrected chi connectivity index (χ0v) is 10.8. The lowest BCUT2D eigenvalue weighted by Crippen LogP contribution is -2.02. The van der Waals surface area contributed by atoms with Crippen LogP contribution in [0.2, 0.25) is 4.34 Å². The van der Waals surface area contributed by atoms with Crippen LogP contribution in [0.15, 0.2) is 16.7 Å². The Morgan fingerprint density at radius 1 is 1.53 bits per heavy atom. The molecule has 2 rings (SSSR count). The van der Waals surface area contributed by atoms with Gasteiger partial charge in [-0.3, -0.25) is 0 Å². The van der Waals surface area contributed by atoms with Gasteiger partial charge in [-0.1, -0.05) is 30.6 Å². The van der Waals surface area contributed by atoms with Crippen LogP contribution in [0.1, 0.15) is 35.9 Å². The smallest absolute Gasteiger partial charge is 0.341 e. The molecule has 0 saturated carbocycles. The first-order chi connectivity index (χ1) is 8.00. The summed E-state index contributed by atoms with van der Waals surface area (Å²) >= 11 is 7.10. The summed E-state index contributed by atoms with van der Waals surface area (Å²) in [6.45, 7) is 3.72. The third-order valence-corrected chi connectivity index (χ3v) is 3.50. The molecular formula is C11H10ClNO3S. The lowest BCUT2D eigenvalue weighted by Gasteiger charge is -2.00. The molecule has 0 atom stereocenters. The van der Waals surface area contributed by atoms with Gasteiger partial charge in [-0.25, -0.2) is 4.79 Å². The van der Waals surface area contributed by atoms with E-state index in [9.17, 15) is 9.90 Å². The summed E-state index contributed by atoms with van der Waals surface area (Å²) < 4.78 is 5.70. The van der Waals surface area contributed by atoms with Crippen LogP contribution in [-0.4, -0.2) is 16.2 Å². The lowest BCUT2D eigenvalue weighted by atomic mass is 10.0. The Kier molecular flexibility index (Phi) is 3.22. The Bertz CT molecular complexity index is 559. The summed E-state index contributed by atoms with van der Waals surface area (Å²) in [5, 5.41) is 13.1. The predicted molar refractivity (Wildman–Crippen MR) is 65.9 cm³/mol. The molecule has 1 N–H and O–H groups in total. The maximum atomic E-state index is 11.3. The Hall–Kier alpha value is -1.33. The molecule has 4 nitrogen and oxygen atoms in total. The minimum absolute atomic E-state index is 0.0298. The Balaban J connectivity index is 2.59. The maximum absolute atomic E-state index is 11.3. The number of carboxylic acid groups (broad SMARTS) is 1. The van der Waals surface area contributed by atoms with E-state index < -0.39 is 5.97 Å². The minimum atomic E-state index is -1.03. The topological polar surface area (TPSA) is 63.3 Å². The SMILES string of the molecule is CC(C)c1onc(-c2ccc(Cl)s2)c1C(=O)O. The van der Waals surface area contributed by atoms with Gasteiger partial charge in [-0.15, -0.1) is 11.3 Å². The van der Waals surface area contributed by atoms with E-state index in [2.05, 4.69) is 5.16 Å². The Morgan fingerprint density at radius 3 is 2.71 bits per heavy atom. The normalized spacial score (nSPS) is 11.1. The standard InChI is InChI=1S/C11H10ClNO3S/c1-5(2)10-8(11(14)15)9(13-16-10)6-3-4-7(12)17-6/h3-5H,1-2H3,(H,14,15). The first kappa shape index (κ1) is 12.1. The van der Waals surface area contributed by atoms with Crippen molar-refractivity contribution in [3.8, 4) is 10.6 Å². The largest absolute Gasteiger partial charge is 0.477 e. The van der Waals surface area contributed by atoms with Crippen molar-refractivity contribution in [3.05, 3.63) is 27.8 Å². The number of carbonyl (C=O) groups is 1. The average Bonchev–Trinajstić information content (AvgIpc) is 2.82. The van der Waals surface area contributed by atoms with Crippen molar-refractivity contribution in [3.63, 3.8) is 0 Å². The van der Waals surface area contributed by atoms with E-state index >= 15 is 0 Å². The van der Waals surface area contributed by atoms with Crippen molar-refractivity contribution >= 4 is 28.9 Å². The average molecular weight is 272 g/mol. The number of carboxylic acids is 1. The number of hydrogen-bond donors (Lipinski definition) is 1. The number of halogens is 1. The second-order valence-corrected chi connectivity index (χ2v) is 5.55. The zero-order chi connectivity index (χ0) is 12.6. The minimum Gasteiger partial charge on any atom is -0.477 e. The highest BCUT2D eigenvalue weighted by atomic mass is 35.5. The number of aromatic nitrogens is 1. The second kappa shape index (κ2) is 4.50. The summed E-state index contributed by atoms with van der Waals surface area (Å²) in [6, 6.07) is 3.44. The molecule has 0 radical (unpaired) electrons. The number of aromatic carboxylic acids is 1. The van der Waals surface area contributed by atoms with Gasteiger partial charge in [0.05, 0.1) is 9.21 Å². The van der Waals surface area contributed by atoms with Crippen LogP contribution in [0.3, 0.4) is 0 Å². The number of thiophene rings is 1. The van der Waals surface area contributed by atoms with Crippen LogP contribution in [0.5, 0.6) is 0 Å². The first-order valence-electron chi connectivity index (χ1n) is 4.99. The van der Waals surface area contributed by atoms with Crippen molar-refractivity contribution in [2.24, 2.45) is 0 Å². The van der Waals surface area contributed by atoms with Crippen molar-refractivity contribution in [2.75, 3.05) is 0 Å². The van der Waals surface area contributed by atoms with Crippen molar-refractivity contribution in [1.82, 2.24) is 5.16 Å². The molecule has 0 aliphatic rings. The number of nitrogens with zero attached hydrogens (tertiary/aromatic N) is 1. The molecule has 0 aliphatic carbocycles. The number of rotatable bonds is 3. The molecule has 0 unspecified atom stereocenters. The maximum Gasteiger partial charge on any atom is 0.341 e. The van der Waals surface area contributed by atoms with Gasteiger partial charge in [0.2, 0.25) is 0 Å². The second-order valence-electron chi connectivity index (χ2n) is 3.83. The van der Waals surface area contributed by atoms with Crippen LogP contribution in [-0.2, 0) is 0 Å². The molecule has 2 heterocycles. The van der Waals surface area contributed by atoms with Crippen LogP contribution < -0.4 is 0 Å². The van der Waals surface area contributed by atoms with Crippen molar-refractivity contribution < 1.29 is 14.4 Å². The van der Waals surface area contributed by atoms with Crippen molar-refractivity contribution in [1.29, 1.82) is 0 Å². The summed E-state index contributed by atoms with van der Waals surface area (Å²) in [5.41, 5.74) is 0.469. The van der Waals surface area contributed by atoms with Gasteiger partial charge in [0.25, 0.3) is 0 Å². The molecule has 90 valence electrons. The Morgan fingerprint density at radius 2 is 2.24 bits per heavy atom. The number of hydrogen-bond acceptors (Lipinski definition) is 4. The molecule has 2 aromatic heterocycles. The fourth-order valence-corrected chi connectivity index (χ4v) is 2.54. The monoisotopic (exact) mass is 271 g/mol. The fourth-order valence-electron chi connectivity index (χ4n) is 1.51. The van der Waals surface area contributed by atoms with Gasteiger partial charge in [0, 0.05) is 5.92 Å². The molecule has 0 spiro atoms. The van der Waals surface area contributed by atoms with Gasteiger partial charge in [-0.05, 0) is 12.1 Å². The van der Waals surface area contributed by atoms with E-state index in [0.29, 0.717) is 20.7 Å². The van der Waals surface area contributed by atoms with Gasteiger partial charge >= 0.3 is 5.97 Å². The predicted octanol–water partition coefficient (Wildman–Crippen LogP) is 3.88. The molecule has 2 aromatic rings. The Labute approximate surface area is 107 Å². The van der Waals surface area contributed by atoms with E-state index in [4.69, 9.17) is 16.1 Å². The van der Waals surface area contributed by atoms with E-state index in [1.165, 1.54) is 11.3 Å². The highest BCUT2D eigenvalue weighted by Crippen LogP contribution is 2.35. The van der Waals surface area contributed by atoms with E-state index in [-0.39, 0.29) is 11.5 Å². The lowest BCUT2D eigenvalue weighted by molar-refractivity contribution is 0.0694. The molecular weight excluding hydrogens is 262 g/mol. The van der Waals surface area contributed by atoms with Crippen LogP contribution in [0, 0.1) is 0 Å².